The molecule has 20 heavy (non-hydrogen) atoms. The summed E-state index contributed by atoms with van der Waals surface area (Å²) in [5.41, 5.74) is -0.419. The summed E-state index contributed by atoms with van der Waals surface area (Å²) in [7, 11) is -7.46. The van der Waals surface area contributed by atoms with Crippen molar-refractivity contribution in [1.29, 1.82) is 0 Å². The maximum Gasteiger partial charge on any atom is 0.247 e. The molecule has 112 valence electrons. The van der Waals surface area contributed by atoms with Gasteiger partial charge in [-0.1, -0.05) is 0 Å². The highest BCUT2D eigenvalue weighted by atomic mass is 32.2. The highest BCUT2D eigenvalue weighted by molar-refractivity contribution is 8.01. The summed E-state index contributed by atoms with van der Waals surface area (Å²) in [6, 6.07) is 2.27. The van der Waals surface area contributed by atoms with Gasteiger partial charge in [-0.25, -0.2) is 16.8 Å². The Morgan fingerprint density at radius 3 is 2.55 bits per heavy atom. The Kier molecular flexibility index (Phi) is 4.28. The Hall–Kier alpha value is -0.840. The van der Waals surface area contributed by atoms with Crippen molar-refractivity contribution in [2.24, 2.45) is 0 Å². The minimum absolute atomic E-state index is 0.113. The fourth-order valence-electron chi connectivity index (χ4n) is 1.87. The standard InChI is InChI=1S/C10H14N2O5S3/c1-19(14,15)10-7-18-5-4-12(10)20(16,17)8-2-3-9(13)11-6-8/h2-3,6,10H,4-5,7H2,1H3,(H,11,13). The maximum absolute atomic E-state index is 12.5. The van der Waals surface area contributed by atoms with Crippen molar-refractivity contribution in [1.82, 2.24) is 9.29 Å². The molecule has 0 aromatic carbocycles. The van der Waals surface area contributed by atoms with Gasteiger partial charge in [-0.15, -0.1) is 0 Å². The van der Waals surface area contributed by atoms with Crippen LogP contribution in [-0.2, 0) is 19.9 Å². The molecule has 0 spiro atoms. The first kappa shape index (κ1) is 15.5. The average Bonchev–Trinajstić information content (AvgIpc) is 2.38. The third kappa shape index (κ3) is 3.08. The summed E-state index contributed by atoms with van der Waals surface area (Å²) in [4.78, 5) is 13.2. The number of aromatic amines is 1. The van der Waals surface area contributed by atoms with Crippen LogP contribution in [0, 0.1) is 0 Å². The number of pyridine rings is 1. The van der Waals surface area contributed by atoms with Crippen molar-refractivity contribution in [3.63, 3.8) is 0 Å². The lowest BCUT2D eigenvalue weighted by Gasteiger charge is -2.32. The number of nitrogens with zero attached hydrogens (tertiary/aromatic N) is 1. The van der Waals surface area contributed by atoms with Gasteiger partial charge in [-0.05, 0) is 6.07 Å². The first-order valence-corrected chi connectivity index (χ1v) is 10.2. The Morgan fingerprint density at radius 1 is 1.30 bits per heavy atom. The molecule has 10 heteroatoms. The summed E-state index contributed by atoms with van der Waals surface area (Å²) in [5, 5.41) is -1.07. The van der Waals surface area contributed by atoms with E-state index in [0.29, 0.717) is 5.75 Å². The van der Waals surface area contributed by atoms with E-state index in [0.717, 1.165) is 22.8 Å². The highest BCUT2D eigenvalue weighted by Gasteiger charge is 2.39. The smallest absolute Gasteiger partial charge is 0.247 e. The van der Waals surface area contributed by atoms with E-state index in [-0.39, 0.29) is 17.2 Å². The van der Waals surface area contributed by atoms with Crippen LogP contribution >= 0.6 is 11.8 Å². The van der Waals surface area contributed by atoms with Gasteiger partial charge >= 0.3 is 0 Å². The second kappa shape index (κ2) is 5.51. The second-order valence-corrected chi connectivity index (χ2v) is 9.61. The third-order valence-electron chi connectivity index (χ3n) is 2.89. The molecule has 0 saturated carbocycles. The van der Waals surface area contributed by atoms with Crippen LogP contribution in [0.1, 0.15) is 0 Å². The van der Waals surface area contributed by atoms with E-state index in [1.54, 1.807) is 0 Å². The van der Waals surface area contributed by atoms with Gasteiger partial charge in [0.25, 0.3) is 0 Å². The van der Waals surface area contributed by atoms with E-state index in [9.17, 15) is 21.6 Å². The normalized spacial score (nSPS) is 21.8. The summed E-state index contributed by atoms with van der Waals surface area (Å²) in [6.45, 7) is 0.129. The fraction of sp³-hybridized carbons (Fsp3) is 0.500. The van der Waals surface area contributed by atoms with Crippen LogP contribution in [0.5, 0.6) is 0 Å². The van der Waals surface area contributed by atoms with Crippen LogP contribution in [0.2, 0.25) is 0 Å². The molecule has 0 bridgehead atoms. The predicted molar refractivity (Wildman–Crippen MR) is 76.9 cm³/mol. The van der Waals surface area contributed by atoms with Crippen LogP contribution in [0.25, 0.3) is 0 Å². The molecule has 0 aliphatic carbocycles. The van der Waals surface area contributed by atoms with Gasteiger partial charge in [0.15, 0.2) is 9.84 Å². The second-order valence-electron chi connectivity index (χ2n) is 4.36. The number of sulfone groups is 1. The largest absolute Gasteiger partial charge is 0.328 e. The van der Waals surface area contributed by atoms with Crippen LogP contribution < -0.4 is 5.56 Å². The fourth-order valence-corrected chi connectivity index (χ4v) is 7.01. The Bertz CT molecular complexity index is 733. The minimum atomic E-state index is -3.94. The molecule has 1 aliphatic rings. The minimum Gasteiger partial charge on any atom is -0.328 e. The molecule has 1 N–H and O–H groups in total. The number of rotatable bonds is 3. The molecular formula is C10H14N2O5S3. The maximum atomic E-state index is 12.5. The van der Waals surface area contributed by atoms with Crippen molar-refractivity contribution >= 4 is 31.6 Å². The summed E-state index contributed by atoms with van der Waals surface area (Å²) < 4.78 is 49.5. The van der Waals surface area contributed by atoms with Gasteiger partial charge in [-0.2, -0.15) is 16.1 Å². The number of aromatic nitrogens is 1. The van der Waals surface area contributed by atoms with Gasteiger partial charge in [0, 0.05) is 36.6 Å². The monoisotopic (exact) mass is 338 g/mol. The van der Waals surface area contributed by atoms with Crippen LogP contribution in [0.3, 0.4) is 0 Å². The van der Waals surface area contributed by atoms with Crippen LogP contribution in [0.15, 0.2) is 28.0 Å². The molecule has 7 nitrogen and oxygen atoms in total. The van der Waals surface area contributed by atoms with Crippen molar-refractivity contribution < 1.29 is 16.8 Å². The summed E-state index contributed by atoms with van der Waals surface area (Å²) in [6.07, 6.45) is 2.11. The predicted octanol–water partition coefficient (Wildman–Crippen LogP) is -0.517. The third-order valence-corrected chi connectivity index (χ3v) is 7.58. The van der Waals surface area contributed by atoms with Crippen LogP contribution in [-0.4, -0.2) is 55.8 Å². The topological polar surface area (TPSA) is 104 Å². The molecule has 1 aliphatic heterocycles. The molecule has 2 rings (SSSR count). The number of nitrogens with one attached hydrogen (secondary N) is 1. The number of sulfonamides is 1. The lowest BCUT2D eigenvalue weighted by molar-refractivity contribution is 0.404. The quantitative estimate of drug-likeness (QED) is 0.795. The molecule has 1 aromatic heterocycles. The Balaban J connectivity index is 2.46. The lowest BCUT2D eigenvalue weighted by Crippen LogP contribution is -2.49. The van der Waals surface area contributed by atoms with E-state index in [1.807, 2.05) is 0 Å². The first-order chi connectivity index (χ1) is 9.23. The van der Waals surface area contributed by atoms with Gasteiger partial charge in [0.2, 0.25) is 15.6 Å². The van der Waals surface area contributed by atoms with Gasteiger partial charge in [0.1, 0.15) is 5.37 Å². The number of thioether (sulfide) groups is 1. The average molecular weight is 338 g/mol. The number of H-pyrrole nitrogens is 1. The van der Waals surface area contributed by atoms with Crippen LogP contribution in [0.4, 0.5) is 0 Å². The van der Waals surface area contributed by atoms with Gasteiger partial charge < -0.3 is 4.98 Å². The molecule has 0 radical (unpaired) electrons. The summed E-state index contributed by atoms with van der Waals surface area (Å²) >= 11 is 1.40. The first-order valence-electron chi connectivity index (χ1n) is 5.70. The SMILES string of the molecule is CS(=O)(=O)C1CSCCN1S(=O)(=O)c1ccc(=O)[nH]c1. The molecule has 1 aromatic rings. The van der Waals surface area contributed by atoms with Crippen molar-refractivity contribution in [3.05, 3.63) is 28.7 Å². The zero-order chi connectivity index (χ0) is 15.0. The van der Waals surface area contributed by atoms with E-state index < -0.39 is 30.8 Å². The van der Waals surface area contributed by atoms with E-state index >= 15 is 0 Å². The molecule has 1 atom stereocenters. The molecule has 1 saturated heterocycles. The van der Waals surface area contributed by atoms with Crippen molar-refractivity contribution in [2.45, 2.75) is 10.3 Å². The number of hydrogen-bond acceptors (Lipinski definition) is 6. The van der Waals surface area contributed by atoms with Crippen molar-refractivity contribution in [3.8, 4) is 0 Å². The molecule has 1 fully saturated rings. The zero-order valence-electron chi connectivity index (χ0n) is 10.6. The zero-order valence-corrected chi connectivity index (χ0v) is 13.1. The number of hydrogen-bond donors (Lipinski definition) is 1. The van der Waals surface area contributed by atoms with E-state index in [2.05, 4.69) is 4.98 Å². The molecule has 1 unspecified atom stereocenters. The van der Waals surface area contributed by atoms with E-state index in [1.165, 1.54) is 17.8 Å². The lowest BCUT2D eigenvalue weighted by atomic mass is 10.5. The molecular weight excluding hydrogens is 324 g/mol. The highest BCUT2D eigenvalue weighted by Crippen LogP contribution is 2.26. The van der Waals surface area contributed by atoms with Gasteiger partial charge in [-0.3, -0.25) is 4.79 Å². The Labute approximate surface area is 121 Å². The van der Waals surface area contributed by atoms with Crippen molar-refractivity contribution in [2.75, 3.05) is 24.3 Å². The van der Waals surface area contributed by atoms with E-state index in [4.69, 9.17) is 0 Å². The molecule has 0 amide bonds. The summed E-state index contributed by atoms with van der Waals surface area (Å²) in [5.74, 6) is 0.746. The van der Waals surface area contributed by atoms with Gasteiger partial charge in [0.05, 0.1) is 4.90 Å². The Morgan fingerprint density at radius 2 is 2.00 bits per heavy atom. The molecule has 2 heterocycles.